The van der Waals surface area contributed by atoms with E-state index in [-0.39, 0.29) is 23.6 Å². The number of carbonyl (C=O) groups is 2. The Balaban J connectivity index is 1.57. The van der Waals surface area contributed by atoms with E-state index in [4.69, 9.17) is 0 Å². The predicted molar refractivity (Wildman–Crippen MR) is 66.3 cm³/mol. The number of nitrogens with zero attached hydrogens (tertiary/aromatic N) is 4. The molecule has 0 unspecified atom stereocenters. The maximum Gasteiger partial charge on any atom is 0.293 e. The lowest BCUT2D eigenvalue weighted by atomic mass is 10.2. The SMILES string of the molecule is Cc1nc(C(=O)N2CCN(C(=O)C3CC3)CC2)n[nH]1. The summed E-state index contributed by atoms with van der Waals surface area (Å²) < 4.78 is 0. The molecule has 7 heteroatoms. The molecule has 0 atom stereocenters. The lowest BCUT2D eigenvalue weighted by Gasteiger charge is -2.34. The van der Waals surface area contributed by atoms with Crippen LogP contribution < -0.4 is 0 Å². The van der Waals surface area contributed by atoms with Crippen molar-refractivity contribution in [3.8, 4) is 0 Å². The quantitative estimate of drug-likeness (QED) is 0.801. The maximum atomic E-state index is 12.1. The van der Waals surface area contributed by atoms with Gasteiger partial charge in [-0.25, -0.2) is 4.98 Å². The van der Waals surface area contributed by atoms with Crippen molar-refractivity contribution in [3.05, 3.63) is 11.6 Å². The van der Waals surface area contributed by atoms with Crippen LogP contribution in [-0.2, 0) is 4.79 Å². The molecule has 2 heterocycles. The van der Waals surface area contributed by atoms with Gasteiger partial charge >= 0.3 is 0 Å². The minimum Gasteiger partial charge on any atom is -0.339 e. The summed E-state index contributed by atoms with van der Waals surface area (Å²) in [6.07, 6.45) is 2.04. The number of aryl methyl sites for hydroxylation is 1. The minimum atomic E-state index is -0.164. The Hall–Kier alpha value is -1.92. The van der Waals surface area contributed by atoms with E-state index >= 15 is 0 Å². The lowest BCUT2D eigenvalue weighted by molar-refractivity contribution is -0.134. The molecule has 1 aliphatic carbocycles. The van der Waals surface area contributed by atoms with Gasteiger partial charge in [-0.1, -0.05) is 0 Å². The zero-order valence-electron chi connectivity index (χ0n) is 10.9. The highest BCUT2D eigenvalue weighted by Gasteiger charge is 2.35. The normalized spacial score (nSPS) is 19.6. The fraction of sp³-hybridized carbons (Fsp3) is 0.667. The average Bonchev–Trinajstić information content (AvgIpc) is 3.19. The van der Waals surface area contributed by atoms with Gasteiger partial charge in [-0.3, -0.25) is 14.7 Å². The molecule has 1 saturated heterocycles. The number of H-pyrrole nitrogens is 1. The largest absolute Gasteiger partial charge is 0.339 e. The van der Waals surface area contributed by atoms with E-state index < -0.39 is 0 Å². The Morgan fingerprint density at radius 3 is 2.32 bits per heavy atom. The first kappa shape index (κ1) is 12.1. The van der Waals surface area contributed by atoms with Gasteiger partial charge in [0.2, 0.25) is 11.7 Å². The second kappa shape index (κ2) is 4.64. The Morgan fingerprint density at radius 2 is 1.79 bits per heavy atom. The summed E-state index contributed by atoms with van der Waals surface area (Å²) in [5.41, 5.74) is 0. The molecule has 1 saturated carbocycles. The second-order valence-corrected chi connectivity index (χ2v) is 5.14. The zero-order chi connectivity index (χ0) is 13.4. The topological polar surface area (TPSA) is 82.2 Å². The predicted octanol–water partition coefficient (Wildman–Crippen LogP) is -0.192. The third kappa shape index (κ3) is 2.45. The molecule has 0 bridgehead atoms. The van der Waals surface area contributed by atoms with E-state index in [1.807, 2.05) is 4.90 Å². The number of aromatic amines is 1. The van der Waals surface area contributed by atoms with E-state index in [1.165, 1.54) is 0 Å². The zero-order valence-corrected chi connectivity index (χ0v) is 10.9. The molecule has 0 radical (unpaired) electrons. The van der Waals surface area contributed by atoms with Crippen molar-refractivity contribution in [1.82, 2.24) is 25.0 Å². The van der Waals surface area contributed by atoms with Gasteiger partial charge in [0.15, 0.2) is 0 Å². The Labute approximate surface area is 111 Å². The number of nitrogens with one attached hydrogen (secondary N) is 1. The van der Waals surface area contributed by atoms with Gasteiger partial charge in [-0.15, -0.1) is 5.10 Å². The van der Waals surface area contributed by atoms with Crippen LogP contribution in [0, 0.1) is 12.8 Å². The van der Waals surface area contributed by atoms with Crippen LogP contribution in [0.1, 0.15) is 29.3 Å². The van der Waals surface area contributed by atoms with Crippen LogP contribution in [-0.4, -0.2) is 63.0 Å². The number of hydrogen-bond acceptors (Lipinski definition) is 4. The molecule has 0 spiro atoms. The van der Waals surface area contributed by atoms with Gasteiger partial charge in [0.05, 0.1) is 0 Å². The van der Waals surface area contributed by atoms with E-state index in [1.54, 1.807) is 11.8 Å². The summed E-state index contributed by atoms with van der Waals surface area (Å²) in [6.45, 7) is 4.11. The molecule has 0 aromatic carbocycles. The van der Waals surface area contributed by atoms with Crippen molar-refractivity contribution in [1.29, 1.82) is 0 Å². The molecule has 2 fully saturated rings. The summed E-state index contributed by atoms with van der Waals surface area (Å²) in [5, 5.41) is 6.54. The number of piperazine rings is 1. The van der Waals surface area contributed by atoms with Crippen LogP contribution in [0.25, 0.3) is 0 Å². The van der Waals surface area contributed by atoms with Gasteiger partial charge in [0.1, 0.15) is 5.82 Å². The number of aromatic nitrogens is 3. The minimum absolute atomic E-state index is 0.164. The Kier molecular flexibility index (Phi) is 2.96. The first-order valence-corrected chi connectivity index (χ1v) is 6.62. The van der Waals surface area contributed by atoms with E-state index in [0.717, 1.165) is 12.8 Å². The van der Waals surface area contributed by atoms with Gasteiger partial charge in [0, 0.05) is 32.1 Å². The summed E-state index contributed by atoms with van der Waals surface area (Å²) in [4.78, 5) is 31.6. The number of rotatable bonds is 2. The van der Waals surface area contributed by atoms with Crippen LogP contribution in [0.3, 0.4) is 0 Å². The van der Waals surface area contributed by atoms with Crippen molar-refractivity contribution < 1.29 is 9.59 Å². The number of hydrogen-bond donors (Lipinski definition) is 1. The van der Waals surface area contributed by atoms with Crippen LogP contribution >= 0.6 is 0 Å². The third-order valence-electron chi connectivity index (χ3n) is 3.59. The molecule has 2 amide bonds. The van der Waals surface area contributed by atoms with Crippen molar-refractivity contribution >= 4 is 11.8 Å². The van der Waals surface area contributed by atoms with Crippen molar-refractivity contribution in [2.75, 3.05) is 26.2 Å². The van der Waals surface area contributed by atoms with Crippen molar-refractivity contribution in [3.63, 3.8) is 0 Å². The van der Waals surface area contributed by atoms with Gasteiger partial charge in [-0.05, 0) is 19.8 Å². The lowest BCUT2D eigenvalue weighted by Crippen LogP contribution is -2.51. The molecule has 1 aliphatic heterocycles. The fourth-order valence-electron chi connectivity index (χ4n) is 2.30. The Morgan fingerprint density at radius 1 is 1.16 bits per heavy atom. The molecule has 102 valence electrons. The summed E-state index contributed by atoms with van der Waals surface area (Å²) in [7, 11) is 0. The van der Waals surface area contributed by atoms with Crippen LogP contribution in [0.2, 0.25) is 0 Å². The van der Waals surface area contributed by atoms with Crippen LogP contribution in [0.15, 0.2) is 0 Å². The molecule has 2 aliphatic rings. The Bertz CT molecular complexity index is 500. The van der Waals surface area contributed by atoms with Gasteiger partial charge < -0.3 is 9.80 Å². The fourth-order valence-corrected chi connectivity index (χ4v) is 2.30. The monoisotopic (exact) mass is 263 g/mol. The van der Waals surface area contributed by atoms with Crippen LogP contribution in [0.5, 0.6) is 0 Å². The van der Waals surface area contributed by atoms with Gasteiger partial charge in [-0.2, -0.15) is 0 Å². The molecule has 7 nitrogen and oxygen atoms in total. The summed E-state index contributed by atoms with van der Waals surface area (Å²) in [6, 6.07) is 0. The molecule has 1 N–H and O–H groups in total. The molecule has 19 heavy (non-hydrogen) atoms. The highest BCUT2D eigenvalue weighted by Crippen LogP contribution is 2.31. The van der Waals surface area contributed by atoms with Gasteiger partial charge in [0.25, 0.3) is 5.91 Å². The van der Waals surface area contributed by atoms with E-state index in [9.17, 15) is 9.59 Å². The third-order valence-corrected chi connectivity index (χ3v) is 3.59. The first-order chi connectivity index (χ1) is 9.15. The van der Waals surface area contributed by atoms with E-state index in [2.05, 4.69) is 15.2 Å². The second-order valence-electron chi connectivity index (χ2n) is 5.14. The molecular formula is C12H17N5O2. The number of amides is 2. The highest BCUT2D eigenvalue weighted by molar-refractivity contribution is 5.90. The smallest absolute Gasteiger partial charge is 0.293 e. The summed E-state index contributed by atoms with van der Waals surface area (Å²) >= 11 is 0. The van der Waals surface area contributed by atoms with Crippen molar-refractivity contribution in [2.45, 2.75) is 19.8 Å². The molecule has 1 aromatic heterocycles. The van der Waals surface area contributed by atoms with Crippen LogP contribution in [0.4, 0.5) is 0 Å². The average molecular weight is 263 g/mol. The standard InChI is InChI=1S/C12H17N5O2/c1-8-13-10(15-14-8)12(19)17-6-4-16(5-7-17)11(18)9-2-3-9/h9H,2-7H2,1H3,(H,13,14,15). The maximum absolute atomic E-state index is 12.1. The number of carbonyl (C=O) groups excluding carboxylic acids is 2. The highest BCUT2D eigenvalue weighted by atomic mass is 16.2. The molecule has 1 aromatic rings. The summed E-state index contributed by atoms with van der Waals surface area (Å²) in [5.74, 6) is 1.17. The van der Waals surface area contributed by atoms with Crippen molar-refractivity contribution in [2.24, 2.45) is 5.92 Å². The molecular weight excluding hydrogens is 246 g/mol. The van der Waals surface area contributed by atoms with E-state index in [0.29, 0.717) is 32.0 Å². The molecule has 3 rings (SSSR count). The first-order valence-electron chi connectivity index (χ1n) is 6.62.